The molecule has 31 heavy (non-hydrogen) atoms. The van der Waals surface area contributed by atoms with Gasteiger partial charge in [0.05, 0.1) is 13.2 Å². The van der Waals surface area contributed by atoms with E-state index >= 15 is 0 Å². The van der Waals surface area contributed by atoms with E-state index in [0.29, 0.717) is 38.5 Å². The van der Waals surface area contributed by atoms with Crippen LogP contribution in [-0.4, -0.2) is 40.8 Å². The quantitative estimate of drug-likeness (QED) is 0.451. The average Bonchev–Trinajstić information content (AvgIpc) is 2.71. The molecule has 0 saturated carbocycles. The highest BCUT2D eigenvalue weighted by atomic mass is 32.2. The van der Waals surface area contributed by atoms with Crippen LogP contribution in [0, 0.1) is 5.82 Å². The lowest BCUT2D eigenvalue weighted by Crippen LogP contribution is -2.32. The summed E-state index contributed by atoms with van der Waals surface area (Å²) in [6.07, 6.45) is 1.34. The van der Waals surface area contributed by atoms with Gasteiger partial charge in [0.1, 0.15) is 17.3 Å². The molecule has 2 aromatic rings. The summed E-state index contributed by atoms with van der Waals surface area (Å²) in [6, 6.07) is 9.62. The van der Waals surface area contributed by atoms with E-state index < -0.39 is 15.8 Å². The van der Waals surface area contributed by atoms with E-state index in [4.69, 9.17) is 19.3 Å². The number of para-hydroxylation sites is 1. The average molecular weight is 455 g/mol. The van der Waals surface area contributed by atoms with Crippen molar-refractivity contribution >= 4 is 10.0 Å². The van der Waals surface area contributed by atoms with Gasteiger partial charge < -0.3 is 19.5 Å². The maximum Gasteiger partial charge on any atom is 0.241 e. The fraction of sp³-hybridized carbons (Fsp3) is 0.455. The first-order valence-electron chi connectivity index (χ1n) is 10.3. The van der Waals surface area contributed by atoms with Crippen molar-refractivity contribution in [2.24, 2.45) is 5.14 Å². The number of hydrogen-bond acceptors (Lipinski definition) is 6. The summed E-state index contributed by atoms with van der Waals surface area (Å²) in [7, 11) is -3.89. The molecule has 0 bridgehead atoms. The topological polar surface area (TPSA) is 99.9 Å². The Morgan fingerprint density at radius 3 is 2.48 bits per heavy atom. The fourth-order valence-electron chi connectivity index (χ4n) is 3.01. The zero-order chi connectivity index (χ0) is 22.9. The van der Waals surface area contributed by atoms with Crippen LogP contribution in [0.1, 0.15) is 32.8 Å². The number of rotatable bonds is 13. The zero-order valence-corrected chi connectivity index (χ0v) is 19.0. The van der Waals surface area contributed by atoms with Gasteiger partial charge in [-0.2, -0.15) is 0 Å². The maximum atomic E-state index is 13.8. The molecule has 3 N–H and O–H groups in total. The van der Waals surface area contributed by atoms with Gasteiger partial charge in [0.2, 0.25) is 10.0 Å². The maximum absolute atomic E-state index is 13.8. The van der Waals surface area contributed by atoms with Crippen molar-refractivity contribution in [1.29, 1.82) is 0 Å². The Bertz CT molecular complexity index is 953. The van der Waals surface area contributed by atoms with Crippen LogP contribution in [0.3, 0.4) is 0 Å². The highest BCUT2D eigenvalue weighted by Gasteiger charge is 2.17. The molecule has 1 atom stereocenters. The van der Waals surface area contributed by atoms with Crippen LogP contribution in [-0.2, 0) is 16.4 Å². The van der Waals surface area contributed by atoms with Crippen LogP contribution in [0.25, 0.3) is 0 Å². The predicted octanol–water partition coefficient (Wildman–Crippen LogP) is 3.26. The first kappa shape index (κ1) is 24.9. The number of hydrogen-bond donors (Lipinski definition) is 2. The molecular weight excluding hydrogens is 423 g/mol. The van der Waals surface area contributed by atoms with Gasteiger partial charge in [-0.1, -0.05) is 19.1 Å². The van der Waals surface area contributed by atoms with Crippen molar-refractivity contribution < 1.29 is 27.0 Å². The first-order chi connectivity index (χ1) is 14.8. The Balaban J connectivity index is 1.92. The van der Waals surface area contributed by atoms with Gasteiger partial charge in [0.25, 0.3) is 0 Å². The van der Waals surface area contributed by atoms with E-state index in [1.165, 1.54) is 6.07 Å². The Labute approximate surface area is 183 Å². The minimum Gasteiger partial charge on any atom is -0.492 e. The second-order valence-corrected chi connectivity index (χ2v) is 8.61. The highest BCUT2D eigenvalue weighted by Crippen LogP contribution is 2.30. The third-order valence-corrected chi connectivity index (χ3v) is 5.32. The van der Waals surface area contributed by atoms with Gasteiger partial charge in [0.15, 0.2) is 17.3 Å². The Kier molecular flexibility index (Phi) is 9.54. The molecule has 2 rings (SSSR count). The summed E-state index contributed by atoms with van der Waals surface area (Å²) in [5, 5.41) is 8.65. The van der Waals surface area contributed by atoms with E-state index in [1.54, 1.807) is 31.2 Å². The van der Waals surface area contributed by atoms with Crippen molar-refractivity contribution in [3.05, 3.63) is 47.8 Å². The zero-order valence-electron chi connectivity index (χ0n) is 18.2. The highest BCUT2D eigenvalue weighted by molar-refractivity contribution is 7.89. The lowest BCUT2D eigenvalue weighted by molar-refractivity contribution is 0.263. The number of ether oxygens (including phenoxy) is 3. The van der Waals surface area contributed by atoms with E-state index in [1.807, 2.05) is 19.9 Å². The Hall–Kier alpha value is -2.36. The molecule has 0 amide bonds. The van der Waals surface area contributed by atoms with Gasteiger partial charge in [-0.3, -0.25) is 0 Å². The summed E-state index contributed by atoms with van der Waals surface area (Å²) in [5.74, 6) is 0.274. The van der Waals surface area contributed by atoms with Gasteiger partial charge in [-0.05, 0) is 56.5 Å². The van der Waals surface area contributed by atoms with E-state index in [2.05, 4.69) is 5.32 Å². The van der Waals surface area contributed by atoms with E-state index in [9.17, 15) is 12.8 Å². The summed E-state index contributed by atoms with van der Waals surface area (Å²) in [6.45, 7) is 7.29. The Morgan fingerprint density at radius 1 is 1.06 bits per heavy atom. The molecule has 0 radical (unpaired) electrons. The Morgan fingerprint density at radius 2 is 1.81 bits per heavy atom. The lowest BCUT2D eigenvalue weighted by atomic mass is 10.1. The number of primary sulfonamides is 1. The summed E-state index contributed by atoms with van der Waals surface area (Å²) in [5.41, 5.74) is 0.817. The van der Waals surface area contributed by atoms with Crippen LogP contribution >= 0.6 is 0 Å². The lowest BCUT2D eigenvalue weighted by Gasteiger charge is -2.17. The first-order valence-corrected chi connectivity index (χ1v) is 11.9. The molecule has 9 heteroatoms. The molecule has 0 aromatic heterocycles. The van der Waals surface area contributed by atoms with Gasteiger partial charge in [-0.15, -0.1) is 0 Å². The SMILES string of the molecule is CCCOc1ccc(CC(C)NCCOc2cccc(F)c2OCC)cc1S(N)(=O)=O. The van der Waals surface area contributed by atoms with Gasteiger partial charge in [0, 0.05) is 12.6 Å². The van der Waals surface area contributed by atoms with Crippen molar-refractivity contribution in [1.82, 2.24) is 5.32 Å². The van der Waals surface area contributed by atoms with Crippen LogP contribution in [0.4, 0.5) is 4.39 Å². The molecule has 0 spiro atoms. The number of nitrogens with two attached hydrogens (primary N) is 1. The summed E-state index contributed by atoms with van der Waals surface area (Å²) < 4.78 is 54.2. The van der Waals surface area contributed by atoms with Crippen LogP contribution < -0.4 is 24.7 Å². The number of nitrogens with one attached hydrogen (secondary N) is 1. The summed E-state index contributed by atoms with van der Waals surface area (Å²) in [4.78, 5) is -0.0106. The van der Waals surface area contributed by atoms with Crippen LogP contribution in [0.2, 0.25) is 0 Å². The van der Waals surface area contributed by atoms with Gasteiger partial charge in [-0.25, -0.2) is 17.9 Å². The number of benzene rings is 2. The minimum absolute atomic E-state index is 0.0106. The molecule has 0 aliphatic heterocycles. The number of halogens is 1. The molecule has 2 aromatic carbocycles. The third kappa shape index (κ3) is 7.68. The van der Waals surface area contributed by atoms with Crippen molar-refractivity contribution in [3.63, 3.8) is 0 Å². The smallest absolute Gasteiger partial charge is 0.241 e. The summed E-state index contributed by atoms with van der Waals surface area (Å²) >= 11 is 0. The normalized spacial score (nSPS) is 12.4. The van der Waals surface area contributed by atoms with E-state index in [-0.39, 0.29) is 22.4 Å². The van der Waals surface area contributed by atoms with E-state index in [0.717, 1.165) is 12.0 Å². The molecule has 0 aliphatic rings. The molecule has 1 unspecified atom stereocenters. The minimum atomic E-state index is -3.89. The number of sulfonamides is 1. The molecule has 172 valence electrons. The molecule has 7 nitrogen and oxygen atoms in total. The van der Waals surface area contributed by atoms with Gasteiger partial charge >= 0.3 is 0 Å². The van der Waals surface area contributed by atoms with Crippen molar-refractivity contribution in [2.75, 3.05) is 26.4 Å². The predicted molar refractivity (Wildman–Crippen MR) is 118 cm³/mol. The second kappa shape index (κ2) is 11.9. The van der Waals surface area contributed by atoms with Crippen LogP contribution in [0.15, 0.2) is 41.3 Å². The van der Waals surface area contributed by atoms with Crippen LogP contribution in [0.5, 0.6) is 17.2 Å². The van der Waals surface area contributed by atoms with Crippen molar-refractivity contribution in [2.45, 2.75) is 44.6 Å². The third-order valence-electron chi connectivity index (χ3n) is 4.39. The molecule has 0 fully saturated rings. The molecular formula is C22H31FN2O5S. The molecule has 0 heterocycles. The molecule has 0 saturated heterocycles. The second-order valence-electron chi connectivity index (χ2n) is 7.08. The van der Waals surface area contributed by atoms with Crippen molar-refractivity contribution in [3.8, 4) is 17.2 Å². The standard InChI is InChI=1S/C22H31FN2O5S/c1-4-12-29-19-10-9-17(15-21(19)31(24,26)27)14-16(3)25-11-13-30-20-8-6-7-18(23)22(20)28-5-2/h6-10,15-16,25H,4-5,11-14H2,1-3H3,(H2,24,26,27). The largest absolute Gasteiger partial charge is 0.492 e. The molecule has 0 aliphatic carbocycles. The fourth-order valence-corrected chi connectivity index (χ4v) is 3.74. The monoisotopic (exact) mass is 454 g/mol.